The summed E-state index contributed by atoms with van der Waals surface area (Å²) in [4.78, 5) is 24.4. The molecule has 0 unspecified atom stereocenters. The highest BCUT2D eigenvalue weighted by atomic mass is 127. The van der Waals surface area contributed by atoms with Crippen LogP contribution < -0.4 is 4.90 Å². The zero-order valence-corrected chi connectivity index (χ0v) is 14.1. The second-order valence-corrected chi connectivity index (χ2v) is 6.40. The molecule has 5 nitrogen and oxygen atoms in total. The smallest absolute Gasteiger partial charge is 0.417 e. The van der Waals surface area contributed by atoms with Crippen molar-refractivity contribution in [3.63, 3.8) is 0 Å². The first-order valence-electron chi connectivity index (χ1n) is 6.08. The Labute approximate surface area is 132 Å². The minimum atomic E-state index is -0.616. The molecule has 0 aromatic heterocycles. The minimum absolute atomic E-state index is 0.176. The topological polar surface area (TPSA) is 55.8 Å². The monoisotopic (exact) mass is 391 g/mol. The summed E-state index contributed by atoms with van der Waals surface area (Å²) in [7, 11) is 0. The number of nitrogens with zero attached hydrogens (tertiary/aromatic N) is 1. The zero-order chi connectivity index (χ0) is 15.3. The predicted molar refractivity (Wildman–Crippen MR) is 84.5 cm³/mol. The van der Waals surface area contributed by atoms with E-state index in [4.69, 9.17) is 9.47 Å². The first-order valence-corrected chi connectivity index (χ1v) is 7.16. The summed E-state index contributed by atoms with van der Waals surface area (Å²) in [5, 5.41) is 0. The molecule has 0 N–H and O–H groups in total. The van der Waals surface area contributed by atoms with Gasteiger partial charge in [0.1, 0.15) is 5.60 Å². The molecule has 0 spiro atoms. The number of anilines is 1. The van der Waals surface area contributed by atoms with Crippen molar-refractivity contribution in [3.05, 3.63) is 27.8 Å². The van der Waals surface area contributed by atoms with E-state index in [0.717, 1.165) is 3.57 Å². The van der Waals surface area contributed by atoms with Crippen molar-refractivity contribution in [3.8, 4) is 0 Å². The van der Waals surface area contributed by atoms with Gasteiger partial charge in [-0.1, -0.05) is 0 Å². The lowest BCUT2D eigenvalue weighted by molar-refractivity contribution is -0.140. The van der Waals surface area contributed by atoms with Crippen molar-refractivity contribution in [2.45, 2.75) is 33.3 Å². The molecule has 110 valence electrons. The van der Waals surface area contributed by atoms with Crippen molar-refractivity contribution < 1.29 is 19.1 Å². The largest absolute Gasteiger partial charge is 0.444 e. The number of carbonyl (C=O) groups excluding carboxylic acids is 2. The molecule has 1 amide bonds. The Morgan fingerprint density at radius 1 is 1.20 bits per heavy atom. The van der Waals surface area contributed by atoms with Gasteiger partial charge in [-0.2, -0.15) is 0 Å². The normalized spacial score (nSPS) is 10.8. The quantitative estimate of drug-likeness (QED) is 0.449. The van der Waals surface area contributed by atoms with Crippen LogP contribution in [-0.4, -0.2) is 24.4 Å². The van der Waals surface area contributed by atoms with Gasteiger partial charge < -0.3 is 9.47 Å². The van der Waals surface area contributed by atoms with Gasteiger partial charge in [0, 0.05) is 10.5 Å². The van der Waals surface area contributed by atoms with Gasteiger partial charge >= 0.3 is 12.1 Å². The summed E-state index contributed by atoms with van der Waals surface area (Å²) in [5.74, 6) is -0.455. The highest BCUT2D eigenvalue weighted by Crippen LogP contribution is 2.19. The van der Waals surface area contributed by atoms with Crippen LogP contribution in [0, 0.1) is 3.57 Å². The van der Waals surface area contributed by atoms with Crippen LogP contribution >= 0.6 is 22.6 Å². The standard InChI is InChI=1S/C14H18INO4/c1-10(17)19-9-16(13(18)20-14(2,3)4)12-7-5-11(15)6-8-12/h5-8H,9H2,1-4H3. The third-order valence-corrected chi connectivity index (χ3v) is 2.87. The molecule has 0 saturated heterocycles. The lowest BCUT2D eigenvalue weighted by atomic mass is 10.2. The summed E-state index contributed by atoms with van der Waals surface area (Å²) in [6.07, 6.45) is -0.556. The van der Waals surface area contributed by atoms with Crippen LogP contribution in [0.3, 0.4) is 0 Å². The van der Waals surface area contributed by atoms with Gasteiger partial charge in [0.15, 0.2) is 6.73 Å². The lowest BCUT2D eigenvalue weighted by Gasteiger charge is -2.27. The van der Waals surface area contributed by atoms with Crippen molar-refractivity contribution in [1.82, 2.24) is 0 Å². The molecule has 0 atom stereocenters. The third kappa shape index (κ3) is 5.77. The van der Waals surface area contributed by atoms with Gasteiger partial charge in [0.05, 0.1) is 5.69 Å². The molecule has 1 aromatic rings. The maximum atomic E-state index is 12.2. The summed E-state index contributed by atoms with van der Waals surface area (Å²) in [6.45, 7) is 6.46. The van der Waals surface area contributed by atoms with E-state index in [-0.39, 0.29) is 6.73 Å². The van der Waals surface area contributed by atoms with Crippen molar-refractivity contribution in [2.24, 2.45) is 0 Å². The van der Waals surface area contributed by atoms with Crippen LogP contribution in [0.15, 0.2) is 24.3 Å². The number of hydrogen-bond donors (Lipinski definition) is 0. The number of carbonyl (C=O) groups is 2. The zero-order valence-electron chi connectivity index (χ0n) is 12.0. The molecular formula is C14H18INO4. The van der Waals surface area contributed by atoms with E-state index in [1.54, 1.807) is 32.9 Å². The Balaban J connectivity index is 2.92. The van der Waals surface area contributed by atoms with Crippen molar-refractivity contribution >= 4 is 40.3 Å². The minimum Gasteiger partial charge on any atom is -0.444 e. The van der Waals surface area contributed by atoms with E-state index in [1.807, 2.05) is 12.1 Å². The van der Waals surface area contributed by atoms with Crippen LogP contribution in [-0.2, 0) is 14.3 Å². The predicted octanol–water partition coefficient (Wildman–Crippen LogP) is 3.55. The molecule has 6 heteroatoms. The SMILES string of the molecule is CC(=O)OCN(C(=O)OC(C)(C)C)c1ccc(I)cc1. The molecule has 0 aliphatic rings. The molecule has 1 rings (SSSR count). The van der Waals surface area contributed by atoms with Crippen LogP contribution in [0.25, 0.3) is 0 Å². The fraction of sp³-hybridized carbons (Fsp3) is 0.429. The molecule has 0 bridgehead atoms. The maximum absolute atomic E-state index is 12.2. The number of amides is 1. The highest BCUT2D eigenvalue weighted by molar-refractivity contribution is 14.1. The van der Waals surface area contributed by atoms with Gasteiger partial charge in [0.2, 0.25) is 0 Å². The average molecular weight is 391 g/mol. The van der Waals surface area contributed by atoms with E-state index in [9.17, 15) is 9.59 Å². The second kappa shape index (κ2) is 6.92. The van der Waals surface area contributed by atoms with Crippen LogP contribution in [0.1, 0.15) is 27.7 Å². The van der Waals surface area contributed by atoms with Gasteiger partial charge in [0.25, 0.3) is 0 Å². The van der Waals surface area contributed by atoms with Gasteiger partial charge in [-0.15, -0.1) is 0 Å². The molecular weight excluding hydrogens is 373 g/mol. The summed E-state index contributed by atoms with van der Waals surface area (Å²) >= 11 is 2.17. The first-order chi connectivity index (χ1) is 9.19. The van der Waals surface area contributed by atoms with E-state index in [1.165, 1.54) is 11.8 Å². The van der Waals surface area contributed by atoms with Crippen molar-refractivity contribution in [1.29, 1.82) is 0 Å². The Kier molecular flexibility index (Phi) is 5.79. The molecule has 0 saturated carbocycles. The van der Waals surface area contributed by atoms with Gasteiger partial charge in [-0.25, -0.2) is 9.69 Å². The molecule has 20 heavy (non-hydrogen) atoms. The molecule has 1 aromatic carbocycles. The van der Waals surface area contributed by atoms with Crippen LogP contribution in [0.5, 0.6) is 0 Å². The Hall–Kier alpha value is -1.31. The number of benzene rings is 1. The molecule has 0 aliphatic carbocycles. The Morgan fingerprint density at radius 2 is 1.75 bits per heavy atom. The number of rotatable bonds is 3. The second-order valence-electron chi connectivity index (χ2n) is 5.15. The summed E-state index contributed by atoms with van der Waals surface area (Å²) in [5.41, 5.74) is -0.00435. The summed E-state index contributed by atoms with van der Waals surface area (Å²) in [6, 6.07) is 7.27. The van der Waals surface area contributed by atoms with E-state index in [0.29, 0.717) is 5.69 Å². The Bertz CT molecular complexity index is 479. The van der Waals surface area contributed by atoms with E-state index < -0.39 is 17.7 Å². The summed E-state index contributed by atoms with van der Waals surface area (Å²) < 4.78 is 11.3. The molecule has 0 radical (unpaired) electrons. The number of hydrogen-bond acceptors (Lipinski definition) is 4. The average Bonchev–Trinajstić information content (AvgIpc) is 2.29. The number of esters is 1. The maximum Gasteiger partial charge on any atom is 0.417 e. The fourth-order valence-electron chi connectivity index (χ4n) is 1.33. The van der Waals surface area contributed by atoms with E-state index in [2.05, 4.69) is 22.6 Å². The molecule has 0 fully saturated rings. The van der Waals surface area contributed by atoms with Crippen LogP contribution in [0.2, 0.25) is 0 Å². The molecule has 0 heterocycles. The highest BCUT2D eigenvalue weighted by Gasteiger charge is 2.24. The van der Waals surface area contributed by atoms with Gasteiger partial charge in [-0.05, 0) is 67.6 Å². The number of ether oxygens (including phenoxy) is 2. The third-order valence-electron chi connectivity index (χ3n) is 2.15. The first kappa shape index (κ1) is 16.7. The lowest BCUT2D eigenvalue weighted by Crippen LogP contribution is -2.38. The number of halogens is 1. The fourth-order valence-corrected chi connectivity index (χ4v) is 1.69. The van der Waals surface area contributed by atoms with Gasteiger partial charge in [-0.3, -0.25) is 4.79 Å². The van der Waals surface area contributed by atoms with Crippen molar-refractivity contribution in [2.75, 3.05) is 11.6 Å². The van der Waals surface area contributed by atoms with Crippen LogP contribution in [0.4, 0.5) is 10.5 Å². The Morgan fingerprint density at radius 3 is 2.20 bits per heavy atom. The van der Waals surface area contributed by atoms with E-state index >= 15 is 0 Å². The molecule has 0 aliphatic heterocycles.